The average Bonchev–Trinajstić information content (AvgIpc) is 3.26. The van der Waals surface area contributed by atoms with Crippen LogP contribution in [0.3, 0.4) is 0 Å². The number of carbonyl (C=O) groups excluding carboxylic acids is 1. The lowest BCUT2D eigenvalue weighted by Gasteiger charge is -2.14. The van der Waals surface area contributed by atoms with Crippen LogP contribution in [-0.2, 0) is 0 Å². The predicted molar refractivity (Wildman–Crippen MR) is 148 cm³/mol. The van der Waals surface area contributed by atoms with Crippen LogP contribution >= 0.6 is 23.8 Å². The van der Waals surface area contributed by atoms with Gasteiger partial charge in [-0.15, -0.1) is 0 Å². The average molecular weight is 516 g/mol. The summed E-state index contributed by atoms with van der Waals surface area (Å²) in [5, 5.41) is 8.05. The number of nitrogens with zero attached hydrogens (tertiary/aromatic N) is 1. The van der Waals surface area contributed by atoms with E-state index in [0.717, 1.165) is 38.6 Å². The molecule has 180 valence electrons. The molecule has 4 aromatic carbocycles. The van der Waals surface area contributed by atoms with E-state index in [2.05, 4.69) is 15.6 Å². The van der Waals surface area contributed by atoms with Crippen LogP contribution in [0.15, 0.2) is 71.1 Å². The highest BCUT2D eigenvalue weighted by Crippen LogP contribution is 2.33. The molecule has 0 unspecified atom stereocenters. The molecule has 5 rings (SSSR count). The fraction of sp³-hybridized carbons (Fsp3) is 0.107. The number of aryl methyl sites for hydroxylation is 2. The summed E-state index contributed by atoms with van der Waals surface area (Å²) in [6.45, 7) is 4.08. The molecular formula is C28H22ClN3O3S. The maximum absolute atomic E-state index is 13.0. The van der Waals surface area contributed by atoms with E-state index in [9.17, 15) is 4.79 Å². The fourth-order valence-corrected chi connectivity index (χ4v) is 4.48. The molecule has 0 saturated carbocycles. The number of nitrogens with one attached hydrogen (secondary N) is 2. The summed E-state index contributed by atoms with van der Waals surface area (Å²) in [6.07, 6.45) is 0. The number of hydrogen-bond acceptors (Lipinski definition) is 5. The van der Waals surface area contributed by atoms with Crippen molar-refractivity contribution in [3.05, 3.63) is 88.4 Å². The molecule has 0 aliphatic heterocycles. The Bertz CT molecular complexity index is 1620. The van der Waals surface area contributed by atoms with Crippen molar-refractivity contribution in [2.75, 3.05) is 12.4 Å². The Morgan fingerprint density at radius 2 is 1.75 bits per heavy atom. The summed E-state index contributed by atoms with van der Waals surface area (Å²) < 4.78 is 11.5. The molecule has 0 radical (unpaired) electrons. The molecule has 0 spiro atoms. The summed E-state index contributed by atoms with van der Waals surface area (Å²) in [5.74, 6) is 0.679. The molecule has 0 aliphatic carbocycles. The summed E-state index contributed by atoms with van der Waals surface area (Å²) in [7, 11) is 1.56. The Balaban J connectivity index is 1.40. The van der Waals surface area contributed by atoms with Gasteiger partial charge >= 0.3 is 0 Å². The second kappa shape index (κ2) is 9.60. The van der Waals surface area contributed by atoms with Gasteiger partial charge in [0.05, 0.1) is 12.8 Å². The van der Waals surface area contributed by atoms with Crippen molar-refractivity contribution in [1.82, 2.24) is 10.3 Å². The Kier molecular flexibility index (Phi) is 6.35. The third-order valence-electron chi connectivity index (χ3n) is 6.04. The Labute approximate surface area is 218 Å². The van der Waals surface area contributed by atoms with Crippen molar-refractivity contribution >= 4 is 62.4 Å². The van der Waals surface area contributed by atoms with Gasteiger partial charge in [0.2, 0.25) is 5.89 Å². The second-order valence-electron chi connectivity index (χ2n) is 8.39. The molecule has 0 fully saturated rings. The second-order valence-corrected chi connectivity index (χ2v) is 9.20. The molecule has 1 heterocycles. The van der Waals surface area contributed by atoms with Gasteiger partial charge in [-0.1, -0.05) is 35.9 Å². The largest absolute Gasteiger partial charge is 0.495 e. The van der Waals surface area contributed by atoms with Crippen LogP contribution in [0.2, 0.25) is 5.02 Å². The third kappa shape index (κ3) is 4.51. The summed E-state index contributed by atoms with van der Waals surface area (Å²) in [5.41, 5.74) is 5.56. The summed E-state index contributed by atoms with van der Waals surface area (Å²) >= 11 is 11.7. The minimum atomic E-state index is -0.347. The molecule has 0 atom stereocenters. The number of thiocarbonyl (C=S) groups is 1. The van der Waals surface area contributed by atoms with E-state index in [1.165, 1.54) is 0 Å². The van der Waals surface area contributed by atoms with Crippen LogP contribution in [0.1, 0.15) is 21.5 Å². The van der Waals surface area contributed by atoms with Crippen LogP contribution < -0.4 is 15.4 Å². The molecule has 36 heavy (non-hydrogen) atoms. The number of benzene rings is 4. The number of halogens is 1. The van der Waals surface area contributed by atoms with Gasteiger partial charge in [-0.2, -0.15) is 0 Å². The fourth-order valence-electron chi connectivity index (χ4n) is 4.04. The van der Waals surface area contributed by atoms with Gasteiger partial charge in [-0.25, -0.2) is 4.98 Å². The smallest absolute Gasteiger partial charge is 0.258 e. The van der Waals surface area contributed by atoms with Crippen LogP contribution in [0.5, 0.6) is 5.75 Å². The van der Waals surface area contributed by atoms with E-state index in [4.69, 9.17) is 33.0 Å². The highest BCUT2D eigenvalue weighted by Gasteiger charge is 2.16. The van der Waals surface area contributed by atoms with E-state index in [0.29, 0.717) is 27.9 Å². The number of fused-ring (bicyclic) bond motifs is 2. The van der Waals surface area contributed by atoms with Crippen LogP contribution in [-0.4, -0.2) is 23.1 Å². The summed E-state index contributed by atoms with van der Waals surface area (Å²) in [6, 6.07) is 20.3. The predicted octanol–water partition coefficient (Wildman–Crippen LogP) is 7.05. The highest BCUT2D eigenvalue weighted by atomic mass is 35.5. The van der Waals surface area contributed by atoms with Crippen LogP contribution in [0, 0.1) is 13.8 Å². The third-order valence-corrected chi connectivity index (χ3v) is 6.57. The van der Waals surface area contributed by atoms with Crippen molar-refractivity contribution in [1.29, 1.82) is 0 Å². The normalized spacial score (nSPS) is 11.0. The lowest BCUT2D eigenvalue weighted by Crippen LogP contribution is -2.34. The van der Waals surface area contributed by atoms with E-state index >= 15 is 0 Å². The van der Waals surface area contributed by atoms with E-state index in [1.807, 2.05) is 56.3 Å². The maximum Gasteiger partial charge on any atom is 0.258 e. The zero-order chi connectivity index (χ0) is 25.4. The molecule has 0 saturated heterocycles. The monoisotopic (exact) mass is 515 g/mol. The van der Waals surface area contributed by atoms with Gasteiger partial charge in [0.25, 0.3) is 5.91 Å². The van der Waals surface area contributed by atoms with Gasteiger partial charge in [0.15, 0.2) is 10.7 Å². The SMILES string of the molecule is COc1ccc(-c2nc3cc(C)c(C)cc3o2)cc1NC(=S)NC(=O)c1cccc2c(Cl)cccc12. The lowest BCUT2D eigenvalue weighted by atomic mass is 10.0. The number of methoxy groups -OCH3 is 1. The number of carbonyl (C=O) groups is 1. The first-order chi connectivity index (χ1) is 17.3. The first kappa shape index (κ1) is 23.8. The Morgan fingerprint density at radius 1 is 1.00 bits per heavy atom. The molecule has 0 bridgehead atoms. The Morgan fingerprint density at radius 3 is 2.56 bits per heavy atom. The van der Waals surface area contributed by atoms with Crippen molar-refractivity contribution in [3.63, 3.8) is 0 Å². The number of rotatable bonds is 4. The van der Waals surface area contributed by atoms with Crippen molar-refractivity contribution in [2.45, 2.75) is 13.8 Å². The number of anilines is 1. The summed E-state index contributed by atoms with van der Waals surface area (Å²) in [4.78, 5) is 17.7. The number of ether oxygens (including phenoxy) is 1. The van der Waals surface area contributed by atoms with Gasteiger partial charge < -0.3 is 14.5 Å². The van der Waals surface area contributed by atoms with Gasteiger partial charge in [0.1, 0.15) is 11.3 Å². The van der Waals surface area contributed by atoms with Crippen LogP contribution in [0.4, 0.5) is 5.69 Å². The van der Waals surface area contributed by atoms with Gasteiger partial charge in [-0.05, 0) is 85.0 Å². The van der Waals surface area contributed by atoms with Crippen LogP contribution in [0.25, 0.3) is 33.3 Å². The molecule has 8 heteroatoms. The molecule has 5 aromatic rings. The molecule has 0 aliphatic rings. The van der Waals surface area contributed by atoms with E-state index in [1.54, 1.807) is 31.4 Å². The van der Waals surface area contributed by atoms with Crippen molar-refractivity contribution < 1.29 is 13.9 Å². The Hall–Kier alpha value is -3.94. The number of hydrogen-bond donors (Lipinski definition) is 2. The highest BCUT2D eigenvalue weighted by molar-refractivity contribution is 7.80. The molecule has 1 aromatic heterocycles. The minimum Gasteiger partial charge on any atom is -0.495 e. The molecule has 6 nitrogen and oxygen atoms in total. The number of aromatic nitrogens is 1. The maximum atomic E-state index is 13.0. The number of amides is 1. The molecule has 1 amide bonds. The first-order valence-electron chi connectivity index (χ1n) is 11.2. The lowest BCUT2D eigenvalue weighted by molar-refractivity contribution is 0.0979. The zero-order valence-corrected chi connectivity index (χ0v) is 21.4. The molecule has 2 N–H and O–H groups in total. The molecular weight excluding hydrogens is 494 g/mol. The topological polar surface area (TPSA) is 76.4 Å². The van der Waals surface area contributed by atoms with Crippen molar-refractivity contribution in [2.24, 2.45) is 0 Å². The van der Waals surface area contributed by atoms with Crippen molar-refractivity contribution in [3.8, 4) is 17.2 Å². The zero-order valence-electron chi connectivity index (χ0n) is 19.8. The minimum absolute atomic E-state index is 0.123. The van der Waals surface area contributed by atoms with Gasteiger partial charge in [-0.3, -0.25) is 10.1 Å². The van der Waals surface area contributed by atoms with E-state index in [-0.39, 0.29) is 11.0 Å². The quantitative estimate of drug-likeness (QED) is 0.250. The van der Waals surface area contributed by atoms with E-state index < -0.39 is 0 Å². The number of oxazole rings is 1. The standard InChI is InChI=1S/C28H22ClN3O3S/c1-15-12-22-25(13-16(15)2)35-27(30-22)17-10-11-24(34-3)23(14-17)31-28(36)32-26(33)20-8-4-7-19-18(20)6-5-9-21(19)29/h4-14H,1-3H3,(H2,31,32,33,36). The first-order valence-corrected chi connectivity index (χ1v) is 12.0. The van der Waals surface area contributed by atoms with Gasteiger partial charge in [0, 0.05) is 21.5 Å².